The molecule has 1 aromatic heterocycles. The highest BCUT2D eigenvalue weighted by molar-refractivity contribution is 6.08. The minimum absolute atomic E-state index is 0.0465. The zero-order valence-electron chi connectivity index (χ0n) is 16.7. The first-order chi connectivity index (χ1) is 14.2. The van der Waals surface area contributed by atoms with Gasteiger partial charge in [-0.15, -0.1) is 0 Å². The number of amides is 2. The number of ether oxygens (including phenoxy) is 1. The minimum atomic E-state index is -0.172. The summed E-state index contributed by atoms with van der Waals surface area (Å²) in [4.78, 5) is 33.8. The smallest absolute Gasteiger partial charge is 0.259 e. The van der Waals surface area contributed by atoms with E-state index in [9.17, 15) is 9.59 Å². The largest absolute Gasteiger partial charge is 0.375 e. The van der Waals surface area contributed by atoms with E-state index in [-0.39, 0.29) is 18.4 Å². The van der Waals surface area contributed by atoms with Gasteiger partial charge in [-0.2, -0.15) is 0 Å². The van der Waals surface area contributed by atoms with E-state index in [0.29, 0.717) is 18.5 Å². The maximum absolute atomic E-state index is 13.1. The highest BCUT2D eigenvalue weighted by Crippen LogP contribution is 2.34. The van der Waals surface area contributed by atoms with Crippen molar-refractivity contribution in [2.75, 3.05) is 48.5 Å². The summed E-state index contributed by atoms with van der Waals surface area (Å²) < 4.78 is 4.98. The molecule has 1 aromatic carbocycles. The Hall–Kier alpha value is -2.93. The van der Waals surface area contributed by atoms with E-state index < -0.39 is 0 Å². The van der Waals surface area contributed by atoms with Crippen molar-refractivity contribution in [3.63, 3.8) is 0 Å². The number of carbonyl (C=O) groups excluding carboxylic acids is 2. The Morgan fingerprint density at radius 1 is 1.10 bits per heavy atom. The molecule has 152 valence electrons. The fourth-order valence-corrected chi connectivity index (χ4v) is 4.13. The van der Waals surface area contributed by atoms with Gasteiger partial charge in [0.2, 0.25) is 0 Å². The van der Waals surface area contributed by atoms with Gasteiger partial charge in [-0.05, 0) is 49.9 Å². The molecule has 1 saturated heterocycles. The number of pyridine rings is 1. The first-order valence-corrected chi connectivity index (χ1v) is 10.1. The lowest BCUT2D eigenvalue weighted by Gasteiger charge is -2.29. The maximum atomic E-state index is 13.1. The van der Waals surface area contributed by atoms with Crippen LogP contribution in [-0.4, -0.2) is 50.1 Å². The van der Waals surface area contributed by atoms with E-state index in [4.69, 9.17) is 4.74 Å². The molecular weight excluding hydrogens is 368 g/mol. The zero-order chi connectivity index (χ0) is 20.2. The van der Waals surface area contributed by atoms with Crippen molar-refractivity contribution in [1.82, 2.24) is 4.98 Å². The molecule has 0 atom stereocenters. The third-order valence-electron chi connectivity index (χ3n) is 5.53. The Labute approximate surface area is 170 Å². The molecule has 7 heteroatoms. The molecule has 4 rings (SSSR count). The van der Waals surface area contributed by atoms with Gasteiger partial charge in [-0.3, -0.25) is 9.59 Å². The normalized spacial score (nSPS) is 15.9. The molecule has 2 aliphatic rings. The third-order valence-corrected chi connectivity index (χ3v) is 5.53. The Kier molecular flexibility index (Phi) is 5.76. The molecule has 0 spiro atoms. The highest BCUT2D eigenvalue weighted by atomic mass is 16.5. The second-order valence-corrected chi connectivity index (χ2v) is 7.41. The molecule has 3 heterocycles. The molecular formula is C22H26N4O3. The average Bonchev–Trinajstić information content (AvgIpc) is 3.20. The molecule has 2 aliphatic heterocycles. The van der Waals surface area contributed by atoms with E-state index in [1.165, 1.54) is 13.5 Å². The number of fused-ring (bicyclic) bond motifs is 1. The average molecular weight is 394 g/mol. The van der Waals surface area contributed by atoms with Crippen LogP contribution in [0.25, 0.3) is 0 Å². The number of benzene rings is 1. The van der Waals surface area contributed by atoms with Gasteiger partial charge in [0.25, 0.3) is 11.8 Å². The molecule has 2 amide bonds. The fourth-order valence-electron chi connectivity index (χ4n) is 4.13. The van der Waals surface area contributed by atoms with Gasteiger partial charge < -0.3 is 19.9 Å². The predicted molar refractivity (Wildman–Crippen MR) is 113 cm³/mol. The number of piperidine rings is 1. The number of methoxy groups -OCH3 is 1. The summed E-state index contributed by atoms with van der Waals surface area (Å²) in [6.45, 7) is 2.49. The van der Waals surface area contributed by atoms with Crippen LogP contribution in [0, 0.1) is 0 Å². The Balaban J connectivity index is 1.57. The van der Waals surface area contributed by atoms with Crippen molar-refractivity contribution in [3.8, 4) is 0 Å². The molecule has 0 aliphatic carbocycles. The summed E-state index contributed by atoms with van der Waals surface area (Å²) in [5.41, 5.74) is 3.15. The topological polar surface area (TPSA) is 74.8 Å². The van der Waals surface area contributed by atoms with E-state index in [1.54, 1.807) is 17.2 Å². The van der Waals surface area contributed by atoms with Gasteiger partial charge >= 0.3 is 0 Å². The lowest BCUT2D eigenvalue weighted by atomic mass is 10.1. The van der Waals surface area contributed by atoms with Gasteiger partial charge in [-0.1, -0.05) is 6.07 Å². The van der Waals surface area contributed by atoms with E-state index in [2.05, 4.69) is 15.2 Å². The number of hydrogen-bond donors (Lipinski definition) is 1. The third kappa shape index (κ3) is 3.96. The summed E-state index contributed by atoms with van der Waals surface area (Å²) in [6.07, 6.45) is 5.90. The van der Waals surface area contributed by atoms with Crippen LogP contribution >= 0.6 is 0 Å². The molecule has 0 radical (unpaired) electrons. The first kappa shape index (κ1) is 19.4. The molecule has 0 unspecified atom stereocenters. The standard InChI is InChI=1S/C22H26N4O3/c1-29-15-20(27)26-14-10-16-18(8-5-9-19(16)26)24-22(28)17-7-6-11-23-21(17)25-12-3-2-4-13-25/h5-9,11H,2-4,10,12-15H2,1H3,(H,24,28). The minimum Gasteiger partial charge on any atom is -0.375 e. The number of nitrogens with zero attached hydrogens (tertiary/aromatic N) is 3. The Morgan fingerprint density at radius 2 is 1.93 bits per heavy atom. The number of hydrogen-bond acceptors (Lipinski definition) is 5. The van der Waals surface area contributed by atoms with Crippen LogP contribution in [0.3, 0.4) is 0 Å². The molecule has 0 saturated carbocycles. The second kappa shape index (κ2) is 8.61. The van der Waals surface area contributed by atoms with Crippen LogP contribution in [0.4, 0.5) is 17.2 Å². The van der Waals surface area contributed by atoms with Gasteiger partial charge in [0, 0.05) is 49.9 Å². The lowest BCUT2D eigenvalue weighted by molar-refractivity contribution is -0.122. The molecule has 7 nitrogen and oxygen atoms in total. The van der Waals surface area contributed by atoms with Crippen molar-refractivity contribution in [2.24, 2.45) is 0 Å². The number of rotatable bonds is 5. The summed E-state index contributed by atoms with van der Waals surface area (Å²) in [6, 6.07) is 9.28. The summed E-state index contributed by atoms with van der Waals surface area (Å²) in [5, 5.41) is 3.05. The van der Waals surface area contributed by atoms with Crippen molar-refractivity contribution >= 4 is 29.0 Å². The molecule has 0 bridgehead atoms. The fraction of sp³-hybridized carbons (Fsp3) is 0.409. The first-order valence-electron chi connectivity index (χ1n) is 10.1. The Morgan fingerprint density at radius 3 is 2.72 bits per heavy atom. The molecule has 1 fully saturated rings. The van der Waals surface area contributed by atoms with Crippen molar-refractivity contribution < 1.29 is 14.3 Å². The van der Waals surface area contributed by atoms with Crippen LogP contribution in [0.2, 0.25) is 0 Å². The summed E-state index contributed by atoms with van der Waals surface area (Å²) in [5.74, 6) is 0.497. The zero-order valence-corrected chi connectivity index (χ0v) is 16.7. The van der Waals surface area contributed by atoms with Crippen LogP contribution in [0.1, 0.15) is 35.2 Å². The van der Waals surface area contributed by atoms with Crippen molar-refractivity contribution in [2.45, 2.75) is 25.7 Å². The van der Waals surface area contributed by atoms with Crippen molar-refractivity contribution in [3.05, 3.63) is 47.7 Å². The van der Waals surface area contributed by atoms with Gasteiger partial charge in [0.05, 0.1) is 5.56 Å². The molecule has 29 heavy (non-hydrogen) atoms. The van der Waals surface area contributed by atoms with Crippen LogP contribution in [-0.2, 0) is 16.0 Å². The Bertz CT molecular complexity index is 909. The maximum Gasteiger partial charge on any atom is 0.259 e. The second-order valence-electron chi connectivity index (χ2n) is 7.41. The molecule has 1 N–H and O–H groups in total. The summed E-state index contributed by atoms with van der Waals surface area (Å²) in [7, 11) is 1.51. The van der Waals surface area contributed by atoms with Gasteiger partial charge in [-0.25, -0.2) is 4.98 Å². The highest BCUT2D eigenvalue weighted by Gasteiger charge is 2.27. The van der Waals surface area contributed by atoms with Crippen molar-refractivity contribution in [1.29, 1.82) is 0 Å². The van der Waals surface area contributed by atoms with Crippen LogP contribution in [0.5, 0.6) is 0 Å². The SMILES string of the molecule is COCC(=O)N1CCc2c(NC(=O)c3cccnc3N3CCCCC3)cccc21. The number of anilines is 3. The number of nitrogens with one attached hydrogen (secondary N) is 1. The summed E-state index contributed by atoms with van der Waals surface area (Å²) >= 11 is 0. The van der Waals surface area contributed by atoms with E-state index >= 15 is 0 Å². The van der Waals surface area contributed by atoms with Gasteiger partial charge in [0.1, 0.15) is 12.4 Å². The van der Waals surface area contributed by atoms with Crippen LogP contribution in [0.15, 0.2) is 36.5 Å². The molecule has 2 aromatic rings. The lowest BCUT2D eigenvalue weighted by Crippen LogP contribution is -2.32. The monoisotopic (exact) mass is 394 g/mol. The van der Waals surface area contributed by atoms with Gasteiger partial charge in [0.15, 0.2) is 0 Å². The predicted octanol–water partition coefficient (Wildman–Crippen LogP) is 2.86. The quantitative estimate of drug-likeness (QED) is 0.844. The van der Waals surface area contributed by atoms with E-state index in [0.717, 1.165) is 48.7 Å². The number of carbonyl (C=O) groups is 2. The number of aromatic nitrogens is 1. The van der Waals surface area contributed by atoms with E-state index in [1.807, 2.05) is 24.3 Å². The van der Waals surface area contributed by atoms with Crippen LogP contribution < -0.4 is 15.1 Å².